The first-order valence-corrected chi connectivity index (χ1v) is 6.48. The summed E-state index contributed by atoms with van der Waals surface area (Å²) in [6.45, 7) is 3.93. The predicted octanol–water partition coefficient (Wildman–Crippen LogP) is 4.15. The monoisotopic (exact) mass is 327 g/mol. The van der Waals surface area contributed by atoms with Crippen molar-refractivity contribution < 1.29 is 9.47 Å². The van der Waals surface area contributed by atoms with Gasteiger partial charge in [-0.15, -0.1) is 0 Å². The number of benzene rings is 1. The highest BCUT2D eigenvalue weighted by Gasteiger charge is 2.09. The lowest BCUT2D eigenvalue weighted by Crippen LogP contribution is -2.26. The zero-order chi connectivity index (χ0) is 13.3. The molecule has 0 aliphatic heterocycles. The molecule has 0 fully saturated rings. The molecule has 0 saturated heterocycles. The second kappa shape index (κ2) is 5.16. The summed E-state index contributed by atoms with van der Waals surface area (Å²) in [6.07, 6.45) is 1.32. The van der Waals surface area contributed by atoms with Gasteiger partial charge in [0, 0.05) is 10.5 Å². The van der Waals surface area contributed by atoms with E-state index in [9.17, 15) is 5.21 Å². The van der Waals surface area contributed by atoms with E-state index in [1.807, 2.05) is 26.0 Å². The molecule has 0 bridgehead atoms. The number of nitrogens with zero attached hydrogens (tertiary/aromatic N) is 1. The average Bonchev–Trinajstić information content (AvgIpc) is 2.28. The summed E-state index contributed by atoms with van der Waals surface area (Å²) in [7, 11) is 0. The van der Waals surface area contributed by atoms with E-state index in [1.165, 1.54) is 12.3 Å². The first-order chi connectivity index (χ1) is 8.47. The summed E-state index contributed by atoms with van der Waals surface area (Å²) in [5.41, 5.74) is 2.02. The average molecular weight is 329 g/mol. The zero-order valence-corrected chi connectivity index (χ0v) is 12.2. The van der Waals surface area contributed by atoms with Gasteiger partial charge in [-0.25, -0.2) is 0 Å². The highest BCUT2D eigenvalue weighted by Crippen LogP contribution is 2.31. The van der Waals surface area contributed by atoms with Crippen LogP contribution in [-0.4, -0.2) is 0 Å². The van der Waals surface area contributed by atoms with Gasteiger partial charge in [0.25, 0.3) is 5.15 Å². The van der Waals surface area contributed by atoms with Crippen LogP contribution in [0, 0.1) is 19.1 Å². The fourth-order valence-electron chi connectivity index (χ4n) is 1.68. The molecular formula is C13H11BrClNO2. The molecule has 94 valence electrons. The Morgan fingerprint density at radius 1 is 1.22 bits per heavy atom. The van der Waals surface area contributed by atoms with Crippen LogP contribution in [0.15, 0.2) is 34.9 Å². The summed E-state index contributed by atoms with van der Waals surface area (Å²) >= 11 is 9.18. The molecule has 18 heavy (non-hydrogen) atoms. The van der Waals surface area contributed by atoms with Crippen molar-refractivity contribution in [1.29, 1.82) is 0 Å². The van der Waals surface area contributed by atoms with Crippen LogP contribution in [-0.2, 0) is 0 Å². The summed E-state index contributed by atoms with van der Waals surface area (Å²) in [5.74, 6) is 1.32. The number of hydrogen-bond acceptors (Lipinski definition) is 2. The number of aromatic nitrogens is 1. The first kappa shape index (κ1) is 13.2. The third-order valence-electron chi connectivity index (χ3n) is 2.49. The molecule has 0 aliphatic carbocycles. The molecule has 1 aromatic heterocycles. The molecule has 5 heteroatoms. The minimum absolute atomic E-state index is 0.0833. The van der Waals surface area contributed by atoms with E-state index in [0.29, 0.717) is 10.5 Å². The van der Waals surface area contributed by atoms with Crippen molar-refractivity contribution >= 4 is 27.5 Å². The Balaban J connectivity index is 2.37. The number of rotatable bonds is 2. The maximum absolute atomic E-state index is 11.1. The van der Waals surface area contributed by atoms with Crippen molar-refractivity contribution in [3.05, 3.63) is 56.4 Å². The Morgan fingerprint density at radius 3 is 2.39 bits per heavy atom. The summed E-state index contributed by atoms with van der Waals surface area (Å²) < 4.78 is 7.36. The Kier molecular flexibility index (Phi) is 3.78. The summed E-state index contributed by atoms with van der Waals surface area (Å²) in [4.78, 5) is 0. The fourth-order valence-corrected chi connectivity index (χ4v) is 2.53. The first-order valence-electron chi connectivity index (χ1n) is 5.30. The van der Waals surface area contributed by atoms with Gasteiger partial charge < -0.3 is 9.94 Å². The zero-order valence-electron chi connectivity index (χ0n) is 9.91. The molecule has 2 rings (SSSR count). The number of aryl methyl sites for hydroxylation is 2. The molecule has 1 heterocycles. The normalized spacial score (nSPS) is 10.4. The molecule has 1 aromatic carbocycles. The number of hydrogen-bond donors (Lipinski definition) is 0. The smallest absolute Gasteiger partial charge is 0.289 e. The highest BCUT2D eigenvalue weighted by molar-refractivity contribution is 9.10. The van der Waals surface area contributed by atoms with Gasteiger partial charge in [-0.3, -0.25) is 0 Å². The number of ether oxygens (including phenoxy) is 1. The highest BCUT2D eigenvalue weighted by atomic mass is 79.9. The quantitative estimate of drug-likeness (QED) is 0.472. The minimum atomic E-state index is 0.0833. The topological polar surface area (TPSA) is 36.2 Å². The van der Waals surface area contributed by atoms with Gasteiger partial charge in [0.2, 0.25) is 0 Å². The Hall–Kier alpha value is -1.26. The second-order valence-electron chi connectivity index (χ2n) is 3.98. The lowest BCUT2D eigenvalue weighted by atomic mass is 10.1. The molecular weight excluding hydrogens is 318 g/mol. The van der Waals surface area contributed by atoms with E-state index in [1.54, 1.807) is 6.07 Å². The van der Waals surface area contributed by atoms with E-state index in [4.69, 9.17) is 16.3 Å². The molecule has 0 N–H and O–H groups in total. The lowest BCUT2D eigenvalue weighted by Gasteiger charge is -2.12. The van der Waals surface area contributed by atoms with Crippen LogP contribution in [0.5, 0.6) is 11.5 Å². The molecule has 0 unspecified atom stereocenters. The van der Waals surface area contributed by atoms with Crippen LogP contribution in [0.25, 0.3) is 0 Å². The molecule has 3 nitrogen and oxygen atoms in total. The van der Waals surface area contributed by atoms with E-state index >= 15 is 0 Å². The van der Waals surface area contributed by atoms with Crippen molar-refractivity contribution in [3.63, 3.8) is 0 Å². The van der Waals surface area contributed by atoms with E-state index < -0.39 is 0 Å². The van der Waals surface area contributed by atoms with Crippen LogP contribution < -0.4 is 9.47 Å². The van der Waals surface area contributed by atoms with Crippen molar-refractivity contribution in [3.8, 4) is 11.5 Å². The van der Waals surface area contributed by atoms with Gasteiger partial charge in [-0.05, 0) is 48.7 Å². The van der Waals surface area contributed by atoms with Crippen molar-refractivity contribution in [2.45, 2.75) is 13.8 Å². The van der Waals surface area contributed by atoms with Gasteiger partial charge in [-0.2, -0.15) is 4.73 Å². The molecule has 0 aliphatic rings. The lowest BCUT2D eigenvalue weighted by molar-refractivity contribution is -0.603. The SMILES string of the molecule is Cc1cc(Br)cc(C)c1Oc1cc[n+]([O-])c(Cl)c1. The van der Waals surface area contributed by atoms with Gasteiger partial charge in [0.15, 0.2) is 6.20 Å². The van der Waals surface area contributed by atoms with Gasteiger partial charge in [0.05, 0.1) is 6.07 Å². The van der Waals surface area contributed by atoms with Crippen molar-refractivity contribution in [2.75, 3.05) is 0 Å². The van der Waals surface area contributed by atoms with Gasteiger partial charge in [-0.1, -0.05) is 15.9 Å². The van der Waals surface area contributed by atoms with Crippen LogP contribution in [0.3, 0.4) is 0 Å². The third kappa shape index (κ3) is 2.76. The molecule has 0 saturated carbocycles. The number of halogens is 2. The fraction of sp³-hybridized carbons (Fsp3) is 0.154. The molecule has 0 radical (unpaired) electrons. The van der Waals surface area contributed by atoms with Crippen LogP contribution >= 0.6 is 27.5 Å². The molecule has 2 aromatic rings. The Labute approximate surface area is 119 Å². The molecule has 0 spiro atoms. The van der Waals surface area contributed by atoms with Crippen molar-refractivity contribution in [1.82, 2.24) is 0 Å². The maximum atomic E-state index is 11.1. The predicted molar refractivity (Wildman–Crippen MR) is 74.1 cm³/mol. The van der Waals surface area contributed by atoms with Crippen LogP contribution in [0.4, 0.5) is 0 Å². The van der Waals surface area contributed by atoms with E-state index in [0.717, 1.165) is 21.3 Å². The summed E-state index contributed by atoms with van der Waals surface area (Å²) in [6, 6.07) is 7.02. The second-order valence-corrected chi connectivity index (χ2v) is 5.28. The maximum Gasteiger partial charge on any atom is 0.289 e. The molecule has 0 amide bonds. The Morgan fingerprint density at radius 2 is 1.83 bits per heavy atom. The third-order valence-corrected chi connectivity index (χ3v) is 3.22. The van der Waals surface area contributed by atoms with Crippen molar-refractivity contribution in [2.24, 2.45) is 0 Å². The number of pyridine rings is 1. The van der Waals surface area contributed by atoms with Crippen LogP contribution in [0.1, 0.15) is 11.1 Å². The minimum Gasteiger partial charge on any atom is -0.618 e. The van der Waals surface area contributed by atoms with E-state index in [-0.39, 0.29) is 5.15 Å². The van der Waals surface area contributed by atoms with E-state index in [2.05, 4.69) is 15.9 Å². The summed E-state index contributed by atoms with van der Waals surface area (Å²) in [5, 5.41) is 11.2. The van der Waals surface area contributed by atoms with Gasteiger partial charge >= 0.3 is 0 Å². The Bertz CT molecular complexity index is 579. The van der Waals surface area contributed by atoms with Crippen LogP contribution in [0.2, 0.25) is 5.15 Å². The van der Waals surface area contributed by atoms with Gasteiger partial charge in [0.1, 0.15) is 11.5 Å². The largest absolute Gasteiger partial charge is 0.618 e. The molecule has 0 atom stereocenters. The standard InChI is InChI=1S/C13H11BrClNO2/c1-8-5-10(14)6-9(2)13(8)18-11-3-4-16(17)12(15)7-11/h3-7H,1-2H3.